The van der Waals surface area contributed by atoms with Crippen molar-refractivity contribution in [2.24, 2.45) is 0 Å². The third-order valence-corrected chi connectivity index (χ3v) is 3.91. The van der Waals surface area contributed by atoms with E-state index < -0.39 is 11.7 Å². The fraction of sp³-hybridized carbons (Fsp3) is 0.267. The molecule has 0 spiro atoms. The molecular weight excluding hydrogens is 329 g/mol. The molecule has 0 saturated heterocycles. The summed E-state index contributed by atoms with van der Waals surface area (Å²) in [6.07, 6.45) is -2.02. The lowest BCUT2D eigenvalue weighted by atomic mass is 10.2. The third-order valence-electron chi connectivity index (χ3n) is 3.58. The van der Waals surface area contributed by atoms with Crippen LogP contribution in [0.1, 0.15) is 22.6 Å². The van der Waals surface area contributed by atoms with Gasteiger partial charge in [0.15, 0.2) is 5.65 Å². The van der Waals surface area contributed by atoms with Gasteiger partial charge in [-0.15, -0.1) is 0 Å². The van der Waals surface area contributed by atoms with E-state index in [1.165, 1.54) is 0 Å². The Bertz CT molecular complexity index is 886. The van der Waals surface area contributed by atoms with Gasteiger partial charge in [0.25, 0.3) is 0 Å². The largest absolute Gasteiger partial charge is 0.417 e. The Kier molecular flexibility index (Phi) is 3.75. The monoisotopic (exact) mass is 340 g/mol. The number of fused-ring (bicyclic) bond motifs is 1. The van der Waals surface area contributed by atoms with Crippen molar-refractivity contribution in [2.75, 3.05) is 0 Å². The zero-order chi connectivity index (χ0) is 16.8. The molecule has 3 rings (SSSR count). The van der Waals surface area contributed by atoms with E-state index in [4.69, 9.17) is 11.6 Å². The number of aromatic nitrogens is 4. The quantitative estimate of drug-likeness (QED) is 0.703. The number of rotatable bonds is 2. The van der Waals surface area contributed by atoms with Crippen molar-refractivity contribution in [3.63, 3.8) is 0 Å². The Morgan fingerprint density at radius 1 is 1.22 bits per heavy atom. The van der Waals surface area contributed by atoms with Crippen LogP contribution in [0.3, 0.4) is 0 Å². The average molecular weight is 341 g/mol. The van der Waals surface area contributed by atoms with Gasteiger partial charge in [-0.1, -0.05) is 11.6 Å². The first-order chi connectivity index (χ1) is 10.8. The summed E-state index contributed by atoms with van der Waals surface area (Å²) in [6, 6.07) is 2.74. The van der Waals surface area contributed by atoms with E-state index in [9.17, 15) is 13.2 Å². The Labute approximate surface area is 135 Å². The Morgan fingerprint density at radius 2 is 1.96 bits per heavy atom. The number of aryl methyl sites for hydroxylation is 2. The zero-order valence-electron chi connectivity index (χ0n) is 12.3. The second-order valence-corrected chi connectivity index (χ2v) is 5.60. The third kappa shape index (κ3) is 2.88. The van der Waals surface area contributed by atoms with Crippen LogP contribution < -0.4 is 0 Å². The molecule has 0 atom stereocenters. The van der Waals surface area contributed by atoms with Crippen molar-refractivity contribution >= 4 is 22.8 Å². The second kappa shape index (κ2) is 5.49. The van der Waals surface area contributed by atoms with Gasteiger partial charge in [0.2, 0.25) is 0 Å². The van der Waals surface area contributed by atoms with Gasteiger partial charge in [-0.05, 0) is 31.5 Å². The van der Waals surface area contributed by atoms with Crippen molar-refractivity contribution in [2.45, 2.75) is 26.6 Å². The number of hydrogen-bond acceptors (Lipinski definition) is 3. The first-order valence-electron chi connectivity index (χ1n) is 6.77. The molecule has 0 saturated carbocycles. The van der Waals surface area contributed by atoms with Crippen LogP contribution in [0.5, 0.6) is 0 Å². The lowest BCUT2D eigenvalue weighted by molar-refractivity contribution is -0.137. The molecular formula is C15H12ClF3N4. The van der Waals surface area contributed by atoms with Crippen LogP contribution in [0.2, 0.25) is 5.02 Å². The minimum Gasteiger partial charge on any atom is -0.307 e. The number of hydrogen-bond donors (Lipinski definition) is 0. The minimum atomic E-state index is -4.47. The molecule has 0 bridgehead atoms. The molecule has 0 aliphatic carbocycles. The molecule has 0 aromatic carbocycles. The number of pyridine rings is 2. The van der Waals surface area contributed by atoms with Gasteiger partial charge in [0, 0.05) is 12.4 Å². The zero-order valence-corrected chi connectivity index (χ0v) is 13.1. The highest BCUT2D eigenvalue weighted by molar-refractivity contribution is 6.31. The molecule has 0 aliphatic rings. The lowest BCUT2D eigenvalue weighted by Gasteiger charge is -2.10. The van der Waals surface area contributed by atoms with Crippen molar-refractivity contribution in [3.05, 3.63) is 52.2 Å². The number of halogens is 4. The van der Waals surface area contributed by atoms with E-state index in [1.54, 1.807) is 17.7 Å². The first kappa shape index (κ1) is 15.7. The van der Waals surface area contributed by atoms with E-state index in [0.29, 0.717) is 17.2 Å². The van der Waals surface area contributed by atoms with Gasteiger partial charge in [-0.25, -0.2) is 9.97 Å². The molecule has 3 heterocycles. The fourth-order valence-electron chi connectivity index (χ4n) is 2.32. The van der Waals surface area contributed by atoms with Crippen LogP contribution in [-0.2, 0) is 12.7 Å². The van der Waals surface area contributed by atoms with Gasteiger partial charge in [0.1, 0.15) is 11.3 Å². The molecule has 0 amide bonds. The highest BCUT2D eigenvalue weighted by atomic mass is 35.5. The summed E-state index contributed by atoms with van der Waals surface area (Å²) in [5.41, 5.74) is 1.86. The minimum absolute atomic E-state index is 0.0336. The van der Waals surface area contributed by atoms with Crippen molar-refractivity contribution < 1.29 is 13.2 Å². The highest BCUT2D eigenvalue weighted by Gasteiger charge is 2.31. The van der Waals surface area contributed by atoms with Gasteiger partial charge in [-0.2, -0.15) is 13.2 Å². The van der Waals surface area contributed by atoms with E-state index in [0.717, 1.165) is 23.3 Å². The van der Waals surface area contributed by atoms with E-state index in [2.05, 4.69) is 15.0 Å². The van der Waals surface area contributed by atoms with Crippen molar-refractivity contribution in [1.82, 2.24) is 19.5 Å². The van der Waals surface area contributed by atoms with Gasteiger partial charge in [-0.3, -0.25) is 4.98 Å². The summed E-state index contributed by atoms with van der Waals surface area (Å²) < 4.78 is 39.8. The standard InChI is InChI=1S/C15H12ClF3N4/c1-8-3-4-20-14-13(8)22-9(2)23(14)7-12-11(16)5-10(6-21-12)15(17,18)19/h3-6H,7H2,1-2H3. The summed E-state index contributed by atoms with van der Waals surface area (Å²) in [6.45, 7) is 3.93. The summed E-state index contributed by atoms with van der Waals surface area (Å²) >= 11 is 5.97. The van der Waals surface area contributed by atoms with E-state index in [-0.39, 0.29) is 11.6 Å². The van der Waals surface area contributed by atoms with Crippen LogP contribution in [-0.4, -0.2) is 19.5 Å². The Hall–Kier alpha value is -2.15. The molecule has 4 nitrogen and oxygen atoms in total. The second-order valence-electron chi connectivity index (χ2n) is 5.20. The summed E-state index contributed by atoms with van der Waals surface area (Å²) in [4.78, 5) is 12.6. The molecule has 0 N–H and O–H groups in total. The average Bonchev–Trinajstić information content (AvgIpc) is 2.78. The molecule has 120 valence electrons. The normalized spacial score (nSPS) is 12.1. The van der Waals surface area contributed by atoms with Crippen molar-refractivity contribution in [3.8, 4) is 0 Å². The predicted molar refractivity (Wildman–Crippen MR) is 80.4 cm³/mol. The maximum atomic E-state index is 12.7. The van der Waals surface area contributed by atoms with Crippen LogP contribution in [0.25, 0.3) is 11.2 Å². The molecule has 0 aliphatic heterocycles. The predicted octanol–water partition coefficient (Wildman–Crippen LogP) is 4.16. The summed E-state index contributed by atoms with van der Waals surface area (Å²) in [5, 5.41) is -0.0336. The lowest BCUT2D eigenvalue weighted by Crippen LogP contribution is -2.09. The molecule has 23 heavy (non-hydrogen) atoms. The molecule has 0 unspecified atom stereocenters. The Morgan fingerprint density at radius 3 is 2.61 bits per heavy atom. The van der Waals surface area contributed by atoms with Gasteiger partial charge >= 0.3 is 6.18 Å². The maximum Gasteiger partial charge on any atom is 0.417 e. The van der Waals surface area contributed by atoms with Crippen LogP contribution in [0, 0.1) is 13.8 Å². The summed E-state index contributed by atoms with van der Waals surface area (Å²) in [7, 11) is 0. The molecule has 0 fully saturated rings. The smallest absolute Gasteiger partial charge is 0.307 e. The number of alkyl halides is 3. The highest BCUT2D eigenvalue weighted by Crippen LogP contribution is 2.31. The fourth-order valence-corrected chi connectivity index (χ4v) is 2.55. The molecule has 8 heteroatoms. The molecule has 3 aromatic heterocycles. The van der Waals surface area contributed by atoms with E-state index in [1.807, 2.05) is 13.0 Å². The van der Waals surface area contributed by atoms with Crippen LogP contribution in [0.4, 0.5) is 13.2 Å². The number of imidazole rings is 1. The maximum absolute atomic E-state index is 12.7. The molecule has 0 radical (unpaired) electrons. The van der Waals surface area contributed by atoms with Gasteiger partial charge < -0.3 is 4.57 Å². The topological polar surface area (TPSA) is 43.6 Å². The molecule has 3 aromatic rings. The van der Waals surface area contributed by atoms with E-state index >= 15 is 0 Å². The first-order valence-corrected chi connectivity index (χ1v) is 7.15. The number of nitrogens with zero attached hydrogens (tertiary/aromatic N) is 4. The van der Waals surface area contributed by atoms with Crippen LogP contribution >= 0.6 is 11.6 Å². The Balaban J connectivity index is 2.03. The summed E-state index contributed by atoms with van der Waals surface area (Å²) in [5.74, 6) is 0.694. The van der Waals surface area contributed by atoms with Gasteiger partial charge in [0.05, 0.1) is 22.8 Å². The van der Waals surface area contributed by atoms with Crippen LogP contribution in [0.15, 0.2) is 24.5 Å². The SMILES string of the molecule is Cc1ccnc2c1nc(C)n2Cc1ncc(C(F)(F)F)cc1Cl. The van der Waals surface area contributed by atoms with Crippen molar-refractivity contribution in [1.29, 1.82) is 0 Å².